The summed E-state index contributed by atoms with van der Waals surface area (Å²) in [6.07, 6.45) is 4.68. The summed E-state index contributed by atoms with van der Waals surface area (Å²) in [6.45, 7) is 4.41. The van der Waals surface area contributed by atoms with Crippen LogP contribution in [-0.4, -0.2) is 63.4 Å². The number of H-pyrrole nitrogens is 1. The highest BCUT2D eigenvalue weighted by Gasteiger charge is 2.22. The number of anilines is 2. The van der Waals surface area contributed by atoms with E-state index in [0.717, 1.165) is 60.8 Å². The number of amides is 1. The van der Waals surface area contributed by atoms with Crippen molar-refractivity contribution in [2.45, 2.75) is 19.4 Å². The topological polar surface area (TPSA) is 86.4 Å². The van der Waals surface area contributed by atoms with Crippen LogP contribution in [0, 0.1) is 0 Å². The predicted octanol–water partition coefficient (Wildman–Crippen LogP) is 3.17. The van der Waals surface area contributed by atoms with Crippen molar-refractivity contribution in [3.05, 3.63) is 41.3 Å². The third-order valence-corrected chi connectivity index (χ3v) is 5.97. The number of ether oxygens (including phenoxy) is 1. The van der Waals surface area contributed by atoms with Gasteiger partial charge in [-0.1, -0.05) is 11.6 Å². The summed E-state index contributed by atoms with van der Waals surface area (Å²) >= 11 is 6.31. The van der Waals surface area contributed by atoms with E-state index >= 15 is 0 Å². The maximum absolute atomic E-state index is 12.5. The van der Waals surface area contributed by atoms with Gasteiger partial charge < -0.3 is 19.9 Å². The minimum absolute atomic E-state index is 0.187. The highest BCUT2D eigenvalue weighted by molar-refractivity contribution is 6.32. The van der Waals surface area contributed by atoms with Gasteiger partial charge >= 0.3 is 0 Å². The number of halogens is 1. The van der Waals surface area contributed by atoms with Crippen LogP contribution in [0.1, 0.15) is 18.4 Å². The number of hydrogen-bond acceptors (Lipinski definition) is 6. The second-order valence-corrected chi connectivity index (χ2v) is 8.05. The number of hydrogen-bond donors (Lipinski definition) is 2. The summed E-state index contributed by atoms with van der Waals surface area (Å²) in [5, 5.41) is 4.90. The Hall–Kier alpha value is -2.84. The van der Waals surface area contributed by atoms with Crippen molar-refractivity contribution in [3.8, 4) is 5.75 Å². The maximum Gasteiger partial charge on any atom is 0.222 e. The van der Waals surface area contributed by atoms with E-state index in [2.05, 4.69) is 25.2 Å². The first-order valence-corrected chi connectivity index (χ1v) is 10.6. The minimum Gasteiger partial charge on any atom is -0.492 e. The Labute approximate surface area is 179 Å². The van der Waals surface area contributed by atoms with Crippen molar-refractivity contribution in [1.29, 1.82) is 0 Å². The molecule has 5 heterocycles. The molecule has 6 rings (SSSR count). The first kappa shape index (κ1) is 19.1. The van der Waals surface area contributed by atoms with Gasteiger partial charge in [0, 0.05) is 57.1 Å². The summed E-state index contributed by atoms with van der Waals surface area (Å²) in [4.78, 5) is 29.0. The smallest absolute Gasteiger partial charge is 0.222 e. The Bertz CT molecular complexity index is 1080. The lowest BCUT2D eigenvalue weighted by molar-refractivity contribution is -0.133. The highest BCUT2D eigenvalue weighted by atomic mass is 35.5. The van der Waals surface area contributed by atoms with Gasteiger partial charge in [0.1, 0.15) is 23.5 Å². The van der Waals surface area contributed by atoms with Crippen molar-refractivity contribution >= 4 is 40.0 Å². The molecule has 9 heteroatoms. The molecule has 0 atom stereocenters. The van der Waals surface area contributed by atoms with E-state index in [-0.39, 0.29) is 5.91 Å². The fraction of sp³-hybridized carbons (Fsp3) is 0.381. The Kier molecular flexibility index (Phi) is 5.18. The van der Waals surface area contributed by atoms with Crippen LogP contribution in [0.15, 0.2) is 30.7 Å². The zero-order chi connectivity index (χ0) is 20.5. The zero-order valence-electron chi connectivity index (χ0n) is 16.5. The van der Waals surface area contributed by atoms with Crippen LogP contribution < -0.4 is 10.1 Å². The summed E-state index contributed by atoms with van der Waals surface area (Å²) in [6, 6.07) is 5.55. The SMILES string of the molecule is O=C1CCCOc2cc(ccc2Cl)Nc2ncnc3[nH]cc(c23)CN2CCN1CC2. The molecule has 2 aromatic heterocycles. The van der Waals surface area contributed by atoms with Crippen LogP contribution in [0.2, 0.25) is 5.02 Å². The van der Waals surface area contributed by atoms with Gasteiger partial charge in [0.15, 0.2) is 0 Å². The molecule has 0 aliphatic carbocycles. The average Bonchev–Trinajstić information content (AvgIpc) is 3.17. The van der Waals surface area contributed by atoms with Crippen LogP contribution >= 0.6 is 11.6 Å². The Balaban J connectivity index is 1.52. The number of benzene rings is 1. The number of carbonyl (C=O) groups is 1. The Morgan fingerprint density at radius 1 is 1.13 bits per heavy atom. The average molecular weight is 427 g/mol. The van der Waals surface area contributed by atoms with Gasteiger partial charge in [0.2, 0.25) is 5.91 Å². The fourth-order valence-corrected chi connectivity index (χ4v) is 4.21. The normalized spacial score (nSPS) is 18.2. The van der Waals surface area contributed by atoms with Crippen LogP contribution in [0.25, 0.3) is 11.0 Å². The van der Waals surface area contributed by atoms with Gasteiger partial charge in [-0.3, -0.25) is 9.69 Å². The molecule has 1 aromatic carbocycles. The van der Waals surface area contributed by atoms with E-state index in [9.17, 15) is 4.79 Å². The summed E-state index contributed by atoms with van der Waals surface area (Å²) in [7, 11) is 0. The molecular formula is C21H23ClN6O2. The molecule has 1 saturated heterocycles. The first-order chi connectivity index (χ1) is 14.7. The Morgan fingerprint density at radius 3 is 2.87 bits per heavy atom. The van der Waals surface area contributed by atoms with Gasteiger partial charge in [0.05, 0.1) is 17.0 Å². The molecule has 4 bridgehead atoms. The molecule has 1 fully saturated rings. The monoisotopic (exact) mass is 426 g/mol. The van der Waals surface area contributed by atoms with Gasteiger partial charge in [0.25, 0.3) is 0 Å². The summed E-state index contributed by atoms with van der Waals surface area (Å²) in [5.41, 5.74) is 2.75. The molecule has 3 aliphatic heterocycles. The molecule has 2 N–H and O–H groups in total. The zero-order valence-corrected chi connectivity index (χ0v) is 17.3. The lowest BCUT2D eigenvalue weighted by Crippen LogP contribution is -2.48. The van der Waals surface area contributed by atoms with Gasteiger partial charge in [-0.2, -0.15) is 0 Å². The van der Waals surface area contributed by atoms with Crippen molar-refractivity contribution in [3.63, 3.8) is 0 Å². The van der Waals surface area contributed by atoms with Gasteiger partial charge in [-0.25, -0.2) is 9.97 Å². The van der Waals surface area contributed by atoms with E-state index in [1.54, 1.807) is 12.4 Å². The van der Waals surface area contributed by atoms with E-state index < -0.39 is 0 Å². The van der Waals surface area contributed by atoms with E-state index in [0.29, 0.717) is 30.2 Å². The first-order valence-electron chi connectivity index (χ1n) is 10.2. The molecule has 0 saturated carbocycles. The number of rotatable bonds is 0. The van der Waals surface area contributed by atoms with Gasteiger partial charge in [-0.05, 0) is 24.1 Å². The molecule has 30 heavy (non-hydrogen) atoms. The van der Waals surface area contributed by atoms with Crippen LogP contribution in [0.4, 0.5) is 11.5 Å². The molecule has 0 spiro atoms. The van der Waals surface area contributed by atoms with E-state index in [4.69, 9.17) is 16.3 Å². The van der Waals surface area contributed by atoms with Crippen molar-refractivity contribution in [2.75, 3.05) is 38.1 Å². The largest absolute Gasteiger partial charge is 0.492 e. The van der Waals surface area contributed by atoms with Crippen LogP contribution in [0.3, 0.4) is 0 Å². The number of nitrogens with zero attached hydrogens (tertiary/aromatic N) is 4. The Morgan fingerprint density at radius 2 is 2.00 bits per heavy atom. The fourth-order valence-electron chi connectivity index (χ4n) is 4.03. The molecule has 156 valence electrons. The quantitative estimate of drug-likeness (QED) is 0.574. The molecule has 3 aliphatic rings. The van der Waals surface area contributed by atoms with E-state index in [1.807, 2.05) is 23.2 Å². The molecular weight excluding hydrogens is 404 g/mol. The number of carbonyl (C=O) groups excluding carboxylic acids is 1. The number of piperazine rings is 1. The molecule has 1 amide bonds. The van der Waals surface area contributed by atoms with Crippen LogP contribution in [0.5, 0.6) is 5.75 Å². The second kappa shape index (κ2) is 8.12. The van der Waals surface area contributed by atoms with Crippen molar-refractivity contribution in [2.24, 2.45) is 0 Å². The lowest BCUT2D eigenvalue weighted by atomic mass is 10.2. The summed E-state index contributed by atoms with van der Waals surface area (Å²) < 4.78 is 5.87. The second-order valence-electron chi connectivity index (χ2n) is 7.64. The highest BCUT2D eigenvalue weighted by Crippen LogP contribution is 2.32. The summed E-state index contributed by atoms with van der Waals surface area (Å²) in [5.74, 6) is 1.51. The molecule has 0 unspecified atom stereocenters. The van der Waals surface area contributed by atoms with Crippen molar-refractivity contribution < 1.29 is 9.53 Å². The molecule has 3 aromatic rings. The maximum atomic E-state index is 12.5. The predicted molar refractivity (Wildman–Crippen MR) is 115 cm³/mol. The number of fused-ring (bicyclic) bond motifs is 6. The molecule has 0 radical (unpaired) electrons. The molecule has 8 nitrogen and oxygen atoms in total. The van der Waals surface area contributed by atoms with Crippen molar-refractivity contribution in [1.82, 2.24) is 24.8 Å². The van der Waals surface area contributed by atoms with Gasteiger partial charge in [-0.15, -0.1) is 0 Å². The number of aromatic nitrogens is 3. The third-order valence-electron chi connectivity index (χ3n) is 5.66. The third kappa shape index (κ3) is 3.80. The number of aromatic amines is 1. The van der Waals surface area contributed by atoms with E-state index in [1.165, 1.54) is 0 Å². The standard InChI is InChI=1S/C21H23ClN6O2/c22-16-4-3-15-10-17(16)30-9-1-2-18(29)28-7-5-27(6-8-28)12-14-11-23-20-19(14)21(26-15)25-13-24-20/h3-4,10-11,13H,1-2,5-9,12H2,(H2,23,24,25,26). The van der Waals surface area contributed by atoms with Crippen LogP contribution in [-0.2, 0) is 11.3 Å². The minimum atomic E-state index is 0.187. The number of nitrogens with one attached hydrogen (secondary N) is 2. The lowest BCUT2D eigenvalue weighted by Gasteiger charge is -2.34.